The van der Waals surface area contributed by atoms with Crippen molar-refractivity contribution in [1.29, 1.82) is 0 Å². The molecule has 0 saturated carbocycles. The van der Waals surface area contributed by atoms with Gasteiger partial charge in [0.05, 0.1) is 6.10 Å². The first-order chi connectivity index (χ1) is 9.49. The summed E-state index contributed by atoms with van der Waals surface area (Å²) >= 11 is 0. The van der Waals surface area contributed by atoms with Crippen LogP contribution in [-0.4, -0.2) is 19.9 Å². The van der Waals surface area contributed by atoms with Crippen molar-refractivity contribution in [3.8, 4) is 5.75 Å². The lowest BCUT2D eigenvalue weighted by molar-refractivity contribution is 0.188. The third-order valence-electron chi connectivity index (χ3n) is 2.92. The van der Waals surface area contributed by atoms with Crippen LogP contribution in [0.3, 0.4) is 0 Å². The average Bonchev–Trinajstić information content (AvgIpc) is 2.84. The summed E-state index contributed by atoms with van der Waals surface area (Å²) in [7, 11) is 0. The fourth-order valence-corrected chi connectivity index (χ4v) is 1.93. The van der Waals surface area contributed by atoms with Crippen molar-refractivity contribution < 1.29 is 14.2 Å². The lowest BCUT2D eigenvalue weighted by atomic mass is 10.1. The van der Waals surface area contributed by atoms with Crippen LogP contribution in [0.5, 0.6) is 5.75 Å². The minimum absolute atomic E-state index is 0.167. The highest BCUT2D eigenvalue weighted by atomic mass is 19.1. The van der Waals surface area contributed by atoms with Crippen LogP contribution >= 0.6 is 0 Å². The molecule has 1 aromatic carbocycles. The molecular formula is C14H18FN3O2. The monoisotopic (exact) mass is 279 g/mol. The smallest absolute Gasteiger partial charge is 0.165 e. The number of hydrogen-bond acceptors (Lipinski definition) is 4. The summed E-state index contributed by atoms with van der Waals surface area (Å²) in [5.41, 5.74) is 0.544. The van der Waals surface area contributed by atoms with Gasteiger partial charge >= 0.3 is 0 Å². The fraction of sp³-hybridized carbons (Fsp3) is 0.429. The van der Waals surface area contributed by atoms with Gasteiger partial charge in [-0.2, -0.15) is 5.10 Å². The molecule has 1 aromatic heterocycles. The first kappa shape index (κ1) is 14.5. The molecule has 0 aliphatic heterocycles. The standard InChI is InChI=1S/C14H18FN3O2/c1-9(2)18-14(16-8-17-18)7-20-13-6-11(15)4-5-12(13)10(3)19/h4-6,8-10,19H,7H2,1-3H3/t10-/m1/s1. The van der Waals surface area contributed by atoms with Crippen molar-refractivity contribution in [2.45, 2.75) is 39.5 Å². The predicted octanol–water partition coefficient (Wildman–Crippen LogP) is 2.63. The average molecular weight is 279 g/mol. The zero-order chi connectivity index (χ0) is 14.7. The summed E-state index contributed by atoms with van der Waals surface area (Å²) in [6.07, 6.45) is 0.730. The number of halogens is 1. The van der Waals surface area contributed by atoms with Gasteiger partial charge in [-0.3, -0.25) is 0 Å². The molecule has 20 heavy (non-hydrogen) atoms. The van der Waals surface area contributed by atoms with E-state index >= 15 is 0 Å². The number of hydrogen-bond donors (Lipinski definition) is 1. The van der Waals surface area contributed by atoms with Crippen LogP contribution in [0.1, 0.15) is 44.3 Å². The molecule has 0 spiro atoms. The van der Waals surface area contributed by atoms with Gasteiger partial charge in [0, 0.05) is 17.7 Å². The van der Waals surface area contributed by atoms with E-state index in [4.69, 9.17) is 4.74 Å². The van der Waals surface area contributed by atoms with Crippen molar-refractivity contribution in [2.24, 2.45) is 0 Å². The second-order valence-electron chi connectivity index (χ2n) is 4.86. The molecule has 1 N–H and O–H groups in total. The van der Waals surface area contributed by atoms with Gasteiger partial charge < -0.3 is 9.84 Å². The van der Waals surface area contributed by atoms with Crippen molar-refractivity contribution in [3.63, 3.8) is 0 Å². The van der Waals surface area contributed by atoms with Crippen molar-refractivity contribution in [1.82, 2.24) is 14.8 Å². The molecule has 2 rings (SSSR count). The molecule has 0 saturated heterocycles. The number of benzene rings is 1. The molecular weight excluding hydrogens is 261 g/mol. The highest BCUT2D eigenvalue weighted by Gasteiger charge is 2.13. The maximum absolute atomic E-state index is 13.3. The van der Waals surface area contributed by atoms with E-state index in [0.29, 0.717) is 17.1 Å². The van der Waals surface area contributed by atoms with Crippen LogP contribution in [0, 0.1) is 5.82 Å². The predicted molar refractivity (Wildman–Crippen MR) is 71.8 cm³/mol. The van der Waals surface area contributed by atoms with Crippen LogP contribution in [0.4, 0.5) is 4.39 Å². The molecule has 108 valence electrons. The highest BCUT2D eigenvalue weighted by Crippen LogP contribution is 2.26. The van der Waals surface area contributed by atoms with Gasteiger partial charge in [0.25, 0.3) is 0 Å². The summed E-state index contributed by atoms with van der Waals surface area (Å²) in [5.74, 6) is 0.564. The lowest BCUT2D eigenvalue weighted by Crippen LogP contribution is -2.11. The van der Waals surface area contributed by atoms with E-state index in [1.165, 1.54) is 24.5 Å². The summed E-state index contributed by atoms with van der Waals surface area (Å²) in [5, 5.41) is 13.8. The molecule has 1 atom stereocenters. The zero-order valence-corrected chi connectivity index (χ0v) is 11.7. The topological polar surface area (TPSA) is 60.2 Å². The second kappa shape index (κ2) is 6.00. The summed E-state index contributed by atoms with van der Waals surface area (Å²) in [4.78, 5) is 4.12. The van der Waals surface area contributed by atoms with Gasteiger partial charge in [0.2, 0.25) is 0 Å². The van der Waals surface area contributed by atoms with E-state index < -0.39 is 11.9 Å². The molecule has 0 bridgehead atoms. The third-order valence-corrected chi connectivity index (χ3v) is 2.92. The normalized spacial score (nSPS) is 12.7. The maximum atomic E-state index is 13.3. The van der Waals surface area contributed by atoms with Crippen LogP contribution in [-0.2, 0) is 6.61 Å². The fourth-order valence-electron chi connectivity index (χ4n) is 1.93. The van der Waals surface area contributed by atoms with Gasteiger partial charge in [-0.1, -0.05) is 0 Å². The Labute approximate surface area is 117 Å². The number of ether oxygens (including phenoxy) is 1. The number of nitrogens with zero attached hydrogens (tertiary/aromatic N) is 3. The molecule has 6 heteroatoms. The Morgan fingerprint density at radius 3 is 2.75 bits per heavy atom. The van der Waals surface area contributed by atoms with E-state index in [1.54, 1.807) is 11.6 Å². The molecule has 2 aromatic rings. The second-order valence-corrected chi connectivity index (χ2v) is 4.86. The van der Waals surface area contributed by atoms with Gasteiger partial charge in [0.1, 0.15) is 24.5 Å². The Hall–Kier alpha value is -1.95. The number of aliphatic hydroxyl groups excluding tert-OH is 1. The molecule has 0 amide bonds. The van der Waals surface area contributed by atoms with E-state index in [9.17, 15) is 9.50 Å². The summed E-state index contributed by atoms with van der Waals surface area (Å²) in [6.45, 7) is 5.75. The van der Waals surface area contributed by atoms with E-state index in [2.05, 4.69) is 10.1 Å². The van der Waals surface area contributed by atoms with E-state index in [1.807, 2.05) is 13.8 Å². The van der Waals surface area contributed by atoms with Crippen LogP contribution in [0.15, 0.2) is 24.5 Å². The Morgan fingerprint density at radius 2 is 2.10 bits per heavy atom. The number of aliphatic hydroxyl groups is 1. The summed E-state index contributed by atoms with van der Waals surface area (Å²) in [6, 6.07) is 4.24. The van der Waals surface area contributed by atoms with E-state index in [0.717, 1.165) is 0 Å². The lowest BCUT2D eigenvalue weighted by Gasteiger charge is -2.14. The Bertz CT molecular complexity index is 582. The van der Waals surface area contributed by atoms with Crippen molar-refractivity contribution >= 4 is 0 Å². The first-order valence-corrected chi connectivity index (χ1v) is 6.47. The van der Waals surface area contributed by atoms with Gasteiger partial charge in [-0.05, 0) is 32.9 Å². The van der Waals surface area contributed by atoms with Gasteiger partial charge in [-0.25, -0.2) is 14.1 Å². The summed E-state index contributed by atoms with van der Waals surface area (Å²) < 4.78 is 20.6. The first-order valence-electron chi connectivity index (χ1n) is 6.47. The maximum Gasteiger partial charge on any atom is 0.165 e. The number of rotatable bonds is 5. The van der Waals surface area contributed by atoms with Crippen molar-refractivity contribution in [3.05, 3.63) is 41.7 Å². The minimum atomic E-state index is -0.728. The van der Waals surface area contributed by atoms with E-state index in [-0.39, 0.29) is 12.6 Å². The molecule has 0 aliphatic rings. The highest BCUT2D eigenvalue weighted by molar-refractivity contribution is 5.35. The third kappa shape index (κ3) is 3.14. The molecule has 0 radical (unpaired) electrons. The SMILES string of the molecule is CC(C)n1ncnc1COc1cc(F)ccc1[C@@H](C)O. The van der Waals surface area contributed by atoms with Crippen LogP contribution < -0.4 is 4.74 Å². The molecule has 0 aliphatic carbocycles. The quantitative estimate of drug-likeness (QED) is 0.914. The minimum Gasteiger partial charge on any atom is -0.485 e. The Morgan fingerprint density at radius 1 is 1.35 bits per heavy atom. The zero-order valence-electron chi connectivity index (χ0n) is 11.7. The molecule has 0 fully saturated rings. The largest absolute Gasteiger partial charge is 0.485 e. The van der Waals surface area contributed by atoms with Gasteiger partial charge in [0.15, 0.2) is 5.82 Å². The number of aromatic nitrogens is 3. The Kier molecular flexibility index (Phi) is 4.34. The Balaban J connectivity index is 2.18. The van der Waals surface area contributed by atoms with Crippen molar-refractivity contribution in [2.75, 3.05) is 0 Å². The van der Waals surface area contributed by atoms with Crippen LogP contribution in [0.2, 0.25) is 0 Å². The van der Waals surface area contributed by atoms with Gasteiger partial charge in [-0.15, -0.1) is 0 Å². The molecule has 0 unspecified atom stereocenters. The molecule has 1 heterocycles. The van der Waals surface area contributed by atoms with Crippen LogP contribution in [0.25, 0.3) is 0 Å². The molecule has 5 nitrogen and oxygen atoms in total.